The molecule has 2 N–H and O–H groups in total. The molecule has 0 aromatic carbocycles. The number of hydrogen-bond donors (Lipinski definition) is 2. The van der Waals surface area contributed by atoms with Gasteiger partial charge in [-0.15, -0.1) is 0 Å². The minimum absolute atomic E-state index is 0.0450. The second kappa shape index (κ2) is 7.67. The molecule has 0 spiro atoms. The fourth-order valence-electron chi connectivity index (χ4n) is 2.24. The van der Waals surface area contributed by atoms with Crippen LogP contribution in [0, 0.1) is 6.92 Å². The van der Waals surface area contributed by atoms with Crippen molar-refractivity contribution in [1.29, 1.82) is 0 Å². The Morgan fingerprint density at radius 1 is 1.35 bits per heavy atom. The summed E-state index contributed by atoms with van der Waals surface area (Å²) in [4.78, 5) is 35.3. The van der Waals surface area contributed by atoms with Gasteiger partial charge in [0.1, 0.15) is 5.82 Å². The molecule has 2 rings (SSSR count). The van der Waals surface area contributed by atoms with Gasteiger partial charge in [0, 0.05) is 41.7 Å². The van der Waals surface area contributed by atoms with E-state index < -0.39 is 0 Å². The maximum Gasteiger partial charge on any atom is 0.254 e. The molecule has 2 heterocycles. The molecular formula is C17H22N4O2. The topological polar surface area (TPSA) is 87.7 Å². The monoisotopic (exact) mass is 314 g/mol. The van der Waals surface area contributed by atoms with Gasteiger partial charge in [-0.25, -0.2) is 4.98 Å². The van der Waals surface area contributed by atoms with Gasteiger partial charge >= 0.3 is 0 Å². The average molecular weight is 314 g/mol. The first-order valence-electron chi connectivity index (χ1n) is 7.80. The van der Waals surface area contributed by atoms with Crippen molar-refractivity contribution in [3.8, 4) is 11.4 Å². The van der Waals surface area contributed by atoms with Crippen molar-refractivity contribution in [1.82, 2.24) is 20.3 Å². The van der Waals surface area contributed by atoms with E-state index in [1.807, 2.05) is 13.8 Å². The molecular weight excluding hydrogens is 292 g/mol. The van der Waals surface area contributed by atoms with Gasteiger partial charge in [0.05, 0.1) is 0 Å². The number of hydrogen-bond acceptors (Lipinski definition) is 4. The van der Waals surface area contributed by atoms with Crippen molar-refractivity contribution >= 4 is 5.91 Å². The number of aryl methyl sites for hydroxylation is 1. The standard InChI is InChI=1S/C17H22N4O2/c1-4-11(2)19-15(22)6-5-14-12(3)20-16(21-17(14)23)13-7-9-18-10-8-13/h7-11H,4-6H2,1-3H3,(H,19,22)(H,20,21,23)/t11-/m1/s1. The first-order chi connectivity index (χ1) is 11.0. The summed E-state index contributed by atoms with van der Waals surface area (Å²) in [6.45, 7) is 5.77. The SMILES string of the molecule is CC[C@@H](C)NC(=O)CCc1c(C)nc(-c2ccncc2)[nH]c1=O. The largest absolute Gasteiger partial charge is 0.354 e. The van der Waals surface area contributed by atoms with Crippen LogP contribution in [0.2, 0.25) is 0 Å². The number of nitrogens with zero attached hydrogens (tertiary/aromatic N) is 2. The molecule has 0 unspecified atom stereocenters. The summed E-state index contributed by atoms with van der Waals surface area (Å²) in [7, 11) is 0. The molecule has 0 aliphatic rings. The molecule has 0 radical (unpaired) electrons. The first kappa shape index (κ1) is 16.9. The number of nitrogens with one attached hydrogen (secondary N) is 2. The summed E-state index contributed by atoms with van der Waals surface area (Å²) in [6, 6.07) is 3.72. The van der Waals surface area contributed by atoms with Crippen LogP contribution in [0.15, 0.2) is 29.3 Å². The highest BCUT2D eigenvalue weighted by Gasteiger charge is 2.12. The van der Waals surface area contributed by atoms with Gasteiger partial charge in [0.2, 0.25) is 5.91 Å². The summed E-state index contributed by atoms with van der Waals surface area (Å²) in [5.74, 6) is 0.471. The number of aromatic nitrogens is 3. The van der Waals surface area contributed by atoms with Crippen LogP contribution in [0.5, 0.6) is 0 Å². The van der Waals surface area contributed by atoms with E-state index in [-0.39, 0.29) is 23.9 Å². The molecule has 0 bridgehead atoms. The molecule has 1 amide bonds. The predicted molar refractivity (Wildman–Crippen MR) is 89.0 cm³/mol. The van der Waals surface area contributed by atoms with Gasteiger partial charge in [0.25, 0.3) is 5.56 Å². The molecule has 0 saturated heterocycles. The van der Waals surface area contributed by atoms with Crippen molar-refractivity contribution in [3.63, 3.8) is 0 Å². The summed E-state index contributed by atoms with van der Waals surface area (Å²) in [6.07, 6.45) is 4.85. The number of pyridine rings is 1. The fourth-order valence-corrected chi connectivity index (χ4v) is 2.24. The van der Waals surface area contributed by atoms with Gasteiger partial charge in [0.15, 0.2) is 0 Å². The Morgan fingerprint density at radius 2 is 2.04 bits per heavy atom. The Balaban J connectivity index is 2.12. The van der Waals surface area contributed by atoms with E-state index in [1.165, 1.54) is 0 Å². The zero-order chi connectivity index (χ0) is 16.8. The molecule has 6 nitrogen and oxygen atoms in total. The molecule has 23 heavy (non-hydrogen) atoms. The van der Waals surface area contributed by atoms with Crippen LogP contribution < -0.4 is 10.9 Å². The van der Waals surface area contributed by atoms with Crippen molar-refractivity contribution in [2.75, 3.05) is 0 Å². The van der Waals surface area contributed by atoms with Gasteiger partial charge < -0.3 is 10.3 Å². The Hall–Kier alpha value is -2.50. The maximum atomic E-state index is 12.3. The highest BCUT2D eigenvalue weighted by Crippen LogP contribution is 2.13. The number of carbonyl (C=O) groups excluding carboxylic acids is 1. The Bertz CT molecular complexity index is 725. The van der Waals surface area contributed by atoms with Gasteiger partial charge in [-0.2, -0.15) is 0 Å². The number of rotatable bonds is 6. The summed E-state index contributed by atoms with van der Waals surface area (Å²) < 4.78 is 0. The third-order valence-electron chi connectivity index (χ3n) is 3.80. The fraction of sp³-hybridized carbons (Fsp3) is 0.412. The smallest absolute Gasteiger partial charge is 0.254 e. The van der Waals surface area contributed by atoms with Crippen LogP contribution in [0.1, 0.15) is 37.9 Å². The molecule has 2 aromatic heterocycles. The van der Waals surface area contributed by atoms with E-state index in [0.29, 0.717) is 23.5 Å². The Morgan fingerprint density at radius 3 is 2.65 bits per heavy atom. The third-order valence-corrected chi connectivity index (χ3v) is 3.80. The van der Waals surface area contributed by atoms with E-state index in [9.17, 15) is 9.59 Å². The molecule has 0 saturated carbocycles. The third kappa shape index (κ3) is 4.48. The molecule has 0 aliphatic heterocycles. The number of aromatic amines is 1. The normalized spacial score (nSPS) is 12.0. The van der Waals surface area contributed by atoms with Crippen molar-refractivity contribution in [2.45, 2.75) is 46.1 Å². The minimum Gasteiger partial charge on any atom is -0.354 e. The van der Waals surface area contributed by atoms with E-state index >= 15 is 0 Å². The lowest BCUT2D eigenvalue weighted by Crippen LogP contribution is -2.32. The Labute approximate surface area is 135 Å². The van der Waals surface area contributed by atoms with E-state index in [4.69, 9.17) is 0 Å². The Kier molecular flexibility index (Phi) is 5.62. The van der Waals surface area contributed by atoms with Crippen LogP contribution in [0.25, 0.3) is 11.4 Å². The maximum absolute atomic E-state index is 12.3. The molecule has 2 aromatic rings. The lowest BCUT2D eigenvalue weighted by Gasteiger charge is -2.11. The molecule has 0 aliphatic carbocycles. The minimum atomic E-state index is -0.194. The molecule has 0 fully saturated rings. The quantitative estimate of drug-likeness (QED) is 0.853. The molecule has 6 heteroatoms. The molecule has 1 atom stereocenters. The lowest BCUT2D eigenvalue weighted by atomic mass is 10.1. The van der Waals surface area contributed by atoms with Crippen LogP contribution in [0.4, 0.5) is 0 Å². The number of H-pyrrole nitrogens is 1. The lowest BCUT2D eigenvalue weighted by molar-refractivity contribution is -0.121. The summed E-state index contributed by atoms with van der Waals surface area (Å²) >= 11 is 0. The van der Waals surface area contributed by atoms with E-state index in [1.54, 1.807) is 31.5 Å². The number of carbonyl (C=O) groups is 1. The van der Waals surface area contributed by atoms with Crippen molar-refractivity contribution in [3.05, 3.63) is 46.1 Å². The highest BCUT2D eigenvalue weighted by atomic mass is 16.1. The van der Waals surface area contributed by atoms with Gasteiger partial charge in [-0.3, -0.25) is 14.6 Å². The predicted octanol–water partition coefficient (Wildman–Crippen LogP) is 1.99. The van der Waals surface area contributed by atoms with Crippen LogP contribution >= 0.6 is 0 Å². The van der Waals surface area contributed by atoms with Crippen molar-refractivity contribution in [2.24, 2.45) is 0 Å². The average Bonchev–Trinajstić information content (AvgIpc) is 2.54. The summed E-state index contributed by atoms with van der Waals surface area (Å²) in [5, 5.41) is 2.90. The highest BCUT2D eigenvalue weighted by molar-refractivity contribution is 5.76. The first-order valence-corrected chi connectivity index (χ1v) is 7.80. The van der Waals surface area contributed by atoms with E-state index in [0.717, 1.165) is 12.0 Å². The van der Waals surface area contributed by atoms with Crippen LogP contribution in [-0.4, -0.2) is 26.9 Å². The number of amides is 1. The van der Waals surface area contributed by atoms with Crippen LogP contribution in [-0.2, 0) is 11.2 Å². The van der Waals surface area contributed by atoms with Crippen molar-refractivity contribution < 1.29 is 4.79 Å². The molecule has 122 valence electrons. The van der Waals surface area contributed by atoms with Gasteiger partial charge in [-0.05, 0) is 38.8 Å². The second-order valence-corrected chi connectivity index (χ2v) is 5.59. The zero-order valence-corrected chi connectivity index (χ0v) is 13.7. The van der Waals surface area contributed by atoms with Crippen LogP contribution in [0.3, 0.4) is 0 Å². The summed E-state index contributed by atoms with van der Waals surface area (Å²) in [5.41, 5.74) is 1.82. The van der Waals surface area contributed by atoms with Gasteiger partial charge in [-0.1, -0.05) is 6.92 Å². The second-order valence-electron chi connectivity index (χ2n) is 5.59. The van der Waals surface area contributed by atoms with E-state index in [2.05, 4.69) is 20.3 Å². The zero-order valence-electron chi connectivity index (χ0n) is 13.7.